The van der Waals surface area contributed by atoms with E-state index in [2.05, 4.69) is 20.9 Å². The van der Waals surface area contributed by atoms with Crippen LogP contribution in [0.5, 0.6) is 0 Å². The van der Waals surface area contributed by atoms with Crippen molar-refractivity contribution in [1.29, 1.82) is 0 Å². The molecule has 0 unspecified atom stereocenters. The van der Waals surface area contributed by atoms with E-state index in [0.29, 0.717) is 11.3 Å². The first-order chi connectivity index (χ1) is 5.95. The smallest absolute Gasteiger partial charge is 0.291 e. The minimum Gasteiger partial charge on any atom is -0.291 e. The van der Waals surface area contributed by atoms with Crippen LogP contribution in [-0.2, 0) is 6.18 Å². The zero-order chi connectivity index (χ0) is 10.1. The standard InChI is InChI=1S/C6H3BrF3NOS/c7-1-4(12)3-2-13-5(11-3)6(8,9)10/h2H,1H2. The van der Waals surface area contributed by atoms with E-state index in [0.717, 1.165) is 5.38 Å². The van der Waals surface area contributed by atoms with E-state index in [9.17, 15) is 18.0 Å². The molecular weight excluding hydrogens is 271 g/mol. The molecule has 0 atom stereocenters. The summed E-state index contributed by atoms with van der Waals surface area (Å²) in [7, 11) is 0. The SMILES string of the molecule is O=C(CBr)c1csc(C(F)(F)F)n1. The van der Waals surface area contributed by atoms with E-state index in [-0.39, 0.29) is 11.0 Å². The van der Waals surface area contributed by atoms with E-state index in [4.69, 9.17) is 0 Å². The first-order valence-electron chi connectivity index (χ1n) is 3.07. The molecule has 0 saturated heterocycles. The third-order valence-electron chi connectivity index (χ3n) is 1.15. The van der Waals surface area contributed by atoms with Crippen molar-refractivity contribution in [2.45, 2.75) is 6.18 Å². The van der Waals surface area contributed by atoms with Crippen LogP contribution in [0, 0.1) is 0 Å². The van der Waals surface area contributed by atoms with Gasteiger partial charge in [0.2, 0.25) is 0 Å². The third kappa shape index (κ3) is 2.50. The number of carbonyl (C=O) groups is 1. The molecule has 0 fully saturated rings. The number of nitrogens with zero attached hydrogens (tertiary/aromatic N) is 1. The average molecular weight is 274 g/mol. The van der Waals surface area contributed by atoms with Crippen molar-refractivity contribution < 1.29 is 18.0 Å². The molecule has 0 saturated carbocycles. The van der Waals surface area contributed by atoms with Crippen LogP contribution in [0.2, 0.25) is 0 Å². The Bertz CT molecular complexity index is 322. The van der Waals surface area contributed by atoms with Gasteiger partial charge in [0.15, 0.2) is 10.8 Å². The second kappa shape index (κ2) is 3.75. The Morgan fingerprint density at radius 1 is 1.62 bits per heavy atom. The molecule has 1 aromatic heterocycles. The number of Topliss-reactive ketones (excluding diaryl/α,β-unsaturated/α-hetero) is 1. The Labute approximate surface area is 83.9 Å². The molecule has 72 valence electrons. The molecule has 1 heterocycles. The first kappa shape index (κ1) is 10.6. The Balaban J connectivity index is 2.93. The lowest BCUT2D eigenvalue weighted by Gasteiger charge is -1.98. The van der Waals surface area contributed by atoms with Gasteiger partial charge in [-0.2, -0.15) is 13.2 Å². The van der Waals surface area contributed by atoms with Crippen molar-refractivity contribution in [3.05, 3.63) is 16.1 Å². The van der Waals surface area contributed by atoms with Crippen molar-refractivity contribution in [2.75, 3.05) is 5.33 Å². The normalized spacial score (nSPS) is 11.7. The van der Waals surface area contributed by atoms with Gasteiger partial charge in [0.25, 0.3) is 0 Å². The summed E-state index contributed by atoms with van der Waals surface area (Å²) in [6.45, 7) is 0. The van der Waals surface area contributed by atoms with Gasteiger partial charge in [-0.25, -0.2) is 4.98 Å². The Hall–Kier alpha value is -0.430. The summed E-state index contributed by atoms with van der Waals surface area (Å²) >= 11 is 3.27. The summed E-state index contributed by atoms with van der Waals surface area (Å²) in [5, 5.41) is 0.0947. The summed E-state index contributed by atoms with van der Waals surface area (Å²) in [6.07, 6.45) is -4.46. The first-order valence-corrected chi connectivity index (χ1v) is 5.07. The van der Waals surface area contributed by atoms with Gasteiger partial charge >= 0.3 is 6.18 Å². The molecule has 0 aliphatic carbocycles. The molecule has 2 nitrogen and oxygen atoms in total. The highest BCUT2D eigenvalue weighted by Gasteiger charge is 2.35. The van der Waals surface area contributed by atoms with E-state index >= 15 is 0 Å². The largest absolute Gasteiger partial charge is 0.443 e. The molecule has 0 radical (unpaired) electrons. The number of halogens is 4. The van der Waals surface area contributed by atoms with Crippen molar-refractivity contribution in [1.82, 2.24) is 4.98 Å². The molecule has 0 spiro atoms. The maximum Gasteiger partial charge on any atom is 0.443 e. The van der Waals surface area contributed by atoms with Crippen molar-refractivity contribution in [3.8, 4) is 0 Å². The molecule has 0 aliphatic rings. The van der Waals surface area contributed by atoms with Crippen molar-refractivity contribution in [2.24, 2.45) is 0 Å². The number of hydrogen-bond acceptors (Lipinski definition) is 3. The minimum absolute atomic E-state index is 0.0198. The number of hydrogen-bond donors (Lipinski definition) is 0. The molecule has 1 rings (SSSR count). The summed E-state index contributed by atoms with van der Waals surface area (Å²) in [5.74, 6) is -0.452. The summed E-state index contributed by atoms with van der Waals surface area (Å²) < 4.78 is 36.0. The van der Waals surface area contributed by atoms with Gasteiger partial charge in [0, 0.05) is 5.38 Å². The molecule has 0 N–H and O–H groups in total. The zero-order valence-corrected chi connectivity index (χ0v) is 8.46. The maximum atomic E-state index is 12.0. The highest BCUT2D eigenvalue weighted by atomic mass is 79.9. The number of rotatable bonds is 2. The van der Waals surface area contributed by atoms with E-state index in [1.807, 2.05) is 0 Å². The summed E-state index contributed by atoms with van der Waals surface area (Å²) in [6, 6.07) is 0. The van der Waals surface area contributed by atoms with E-state index in [1.165, 1.54) is 0 Å². The molecular formula is C6H3BrF3NOS. The van der Waals surface area contributed by atoms with Crippen LogP contribution in [0.1, 0.15) is 15.5 Å². The second-order valence-corrected chi connectivity index (χ2v) is 3.51. The maximum absolute atomic E-state index is 12.0. The van der Waals surface area contributed by atoms with Crippen LogP contribution >= 0.6 is 27.3 Å². The van der Waals surface area contributed by atoms with Gasteiger partial charge in [-0.15, -0.1) is 11.3 Å². The zero-order valence-electron chi connectivity index (χ0n) is 6.06. The van der Waals surface area contributed by atoms with Crippen molar-refractivity contribution >= 4 is 33.0 Å². The van der Waals surface area contributed by atoms with Crippen LogP contribution in [-0.4, -0.2) is 16.1 Å². The van der Waals surface area contributed by atoms with Gasteiger partial charge in [-0.1, -0.05) is 15.9 Å². The highest BCUT2D eigenvalue weighted by Crippen LogP contribution is 2.31. The Morgan fingerprint density at radius 3 is 2.62 bits per heavy atom. The number of alkyl halides is 4. The molecule has 13 heavy (non-hydrogen) atoms. The fraction of sp³-hybridized carbons (Fsp3) is 0.333. The topological polar surface area (TPSA) is 30.0 Å². The molecule has 0 aromatic carbocycles. The van der Waals surface area contributed by atoms with Crippen molar-refractivity contribution in [3.63, 3.8) is 0 Å². The summed E-state index contributed by atoms with van der Waals surface area (Å²) in [5.41, 5.74) is -0.144. The molecule has 0 amide bonds. The van der Waals surface area contributed by atoms with Gasteiger partial charge in [-0.3, -0.25) is 4.79 Å². The van der Waals surface area contributed by atoms with E-state index < -0.39 is 17.0 Å². The monoisotopic (exact) mass is 273 g/mol. The van der Waals surface area contributed by atoms with Gasteiger partial charge in [-0.05, 0) is 0 Å². The Morgan fingerprint density at radius 2 is 2.23 bits per heavy atom. The lowest BCUT2D eigenvalue weighted by Crippen LogP contribution is -2.06. The summed E-state index contributed by atoms with van der Waals surface area (Å²) in [4.78, 5) is 14.0. The highest BCUT2D eigenvalue weighted by molar-refractivity contribution is 9.09. The third-order valence-corrected chi connectivity index (χ3v) is 2.55. The molecule has 0 aliphatic heterocycles. The quantitative estimate of drug-likeness (QED) is 0.613. The molecule has 1 aromatic rings. The predicted octanol–water partition coefficient (Wildman–Crippen LogP) is 2.74. The van der Waals surface area contributed by atoms with Crippen LogP contribution in [0.3, 0.4) is 0 Å². The van der Waals surface area contributed by atoms with Crippen LogP contribution < -0.4 is 0 Å². The lowest BCUT2D eigenvalue weighted by atomic mass is 10.3. The second-order valence-electron chi connectivity index (χ2n) is 2.09. The Kier molecular flexibility index (Phi) is 3.07. The molecule has 7 heteroatoms. The lowest BCUT2D eigenvalue weighted by molar-refractivity contribution is -0.137. The van der Waals surface area contributed by atoms with Crippen LogP contribution in [0.15, 0.2) is 5.38 Å². The van der Waals surface area contributed by atoms with Gasteiger partial charge in [0.1, 0.15) is 5.69 Å². The van der Waals surface area contributed by atoms with Crippen LogP contribution in [0.4, 0.5) is 13.2 Å². The number of carbonyl (C=O) groups excluding carboxylic acids is 1. The number of ketones is 1. The molecule has 0 bridgehead atoms. The fourth-order valence-corrected chi connectivity index (χ4v) is 1.58. The number of aromatic nitrogens is 1. The minimum atomic E-state index is -4.46. The number of thiazole rings is 1. The fourth-order valence-electron chi connectivity index (χ4n) is 0.600. The van der Waals surface area contributed by atoms with Gasteiger partial charge < -0.3 is 0 Å². The average Bonchev–Trinajstić information content (AvgIpc) is 2.50. The predicted molar refractivity (Wildman–Crippen MR) is 45.2 cm³/mol. The van der Waals surface area contributed by atoms with Gasteiger partial charge in [0.05, 0.1) is 5.33 Å². The van der Waals surface area contributed by atoms with E-state index in [1.54, 1.807) is 0 Å². The van der Waals surface area contributed by atoms with Crippen LogP contribution in [0.25, 0.3) is 0 Å².